The minimum atomic E-state index is -0.586. The second kappa shape index (κ2) is 6.47. The molecule has 0 spiro atoms. The van der Waals surface area contributed by atoms with E-state index in [0.29, 0.717) is 17.8 Å². The highest BCUT2D eigenvalue weighted by molar-refractivity contribution is 6.63. The molecule has 0 unspecified atom stereocenters. The van der Waals surface area contributed by atoms with E-state index in [4.69, 9.17) is 14.0 Å². The van der Waals surface area contributed by atoms with Crippen molar-refractivity contribution < 1.29 is 18.4 Å². The second-order valence-electron chi connectivity index (χ2n) is 7.49. The van der Waals surface area contributed by atoms with Crippen molar-refractivity contribution in [2.45, 2.75) is 52.4 Å². The minimum Gasteiger partial charge on any atom is -0.489 e. The summed E-state index contributed by atoms with van der Waals surface area (Å²) in [7, 11) is -0.586. The van der Waals surface area contributed by atoms with Crippen LogP contribution in [-0.2, 0) is 15.9 Å². The Morgan fingerprint density at radius 1 is 1.00 bits per heavy atom. The molecule has 0 aliphatic carbocycles. The Labute approximate surface area is 149 Å². The minimum absolute atomic E-state index is 0.347. The molecule has 0 aromatic heterocycles. The van der Waals surface area contributed by atoms with Gasteiger partial charge in [-0.3, -0.25) is 0 Å². The smallest absolute Gasteiger partial charge is 0.489 e. The molecule has 3 nitrogen and oxygen atoms in total. The number of ether oxygens (including phenoxy) is 1. The lowest BCUT2D eigenvalue weighted by Gasteiger charge is -2.32. The molecule has 1 aliphatic rings. The molecule has 1 heterocycles. The van der Waals surface area contributed by atoms with Crippen molar-refractivity contribution >= 4 is 12.6 Å². The van der Waals surface area contributed by atoms with Gasteiger partial charge in [0.05, 0.1) is 11.2 Å². The van der Waals surface area contributed by atoms with Crippen molar-refractivity contribution in [1.82, 2.24) is 0 Å². The van der Waals surface area contributed by atoms with Crippen molar-refractivity contribution in [1.29, 1.82) is 0 Å². The molecule has 132 valence electrons. The number of hydrogen-bond acceptors (Lipinski definition) is 3. The Morgan fingerprint density at radius 2 is 1.64 bits per heavy atom. The molecule has 0 bridgehead atoms. The first-order valence-corrected chi connectivity index (χ1v) is 8.52. The zero-order valence-electron chi connectivity index (χ0n) is 15.4. The van der Waals surface area contributed by atoms with Crippen molar-refractivity contribution in [2.24, 2.45) is 0 Å². The van der Waals surface area contributed by atoms with E-state index in [1.54, 1.807) is 6.07 Å². The summed E-state index contributed by atoms with van der Waals surface area (Å²) < 4.78 is 31.9. The molecule has 0 atom stereocenters. The summed E-state index contributed by atoms with van der Waals surface area (Å²) >= 11 is 0. The predicted octanol–water partition coefficient (Wildman–Crippen LogP) is 4.01. The average Bonchev–Trinajstić information content (AvgIpc) is 2.74. The monoisotopic (exact) mass is 342 g/mol. The summed E-state index contributed by atoms with van der Waals surface area (Å²) in [5.74, 6) is 0.0989. The number of aryl methyl sites for hydroxylation is 1. The van der Waals surface area contributed by atoms with Gasteiger partial charge >= 0.3 is 7.12 Å². The molecule has 25 heavy (non-hydrogen) atoms. The van der Waals surface area contributed by atoms with Gasteiger partial charge in [0.1, 0.15) is 18.2 Å². The maximum absolute atomic E-state index is 13.8. The van der Waals surface area contributed by atoms with Gasteiger partial charge in [0.15, 0.2) is 0 Å². The van der Waals surface area contributed by atoms with Crippen LogP contribution < -0.4 is 10.2 Å². The first kappa shape index (κ1) is 18.0. The Kier molecular flexibility index (Phi) is 4.65. The molecule has 2 aromatic carbocycles. The predicted molar refractivity (Wildman–Crippen MR) is 97.6 cm³/mol. The fraction of sp³-hybridized carbons (Fsp3) is 0.400. The third-order valence-corrected chi connectivity index (χ3v) is 5.13. The molecule has 1 aliphatic heterocycles. The normalized spacial score (nSPS) is 18.4. The van der Waals surface area contributed by atoms with Crippen LogP contribution >= 0.6 is 0 Å². The van der Waals surface area contributed by atoms with E-state index in [1.165, 1.54) is 12.1 Å². The quantitative estimate of drug-likeness (QED) is 0.786. The topological polar surface area (TPSA) is 27.7 Å². The molecule has 0 amide bonds. The van der Waals surface area contributed by atoms with Crippen LogP contribution in [0.2, 0.25) is 0 Å². The molecule has 1 fully saturated rings. The number of rotatable bonds is 4. The van der Waals surface area contributed by atoms with Gasteiger partial charge in [-0.25, -0.2) is 4.39 Å². The molecule has 5 heteroatoms. The van der Waals surface area contributed by atoms with Gasteiger partial charge in [-0.1, -0.05) is 30.3 Å². The zero-order chi connectivity index (χ0) is 18.2. The van der Waals surface area contributed by atoms with Gasteiger partial charge in [-0.15, -0.1) is 0 Å². The Morgan fingerprint density at radius 3 is 2.28 bits per heavy atom. The summed E-state index contributed by atoms with van der Waals surface area (Å²) in [5, 5.41) is 0. The summed E-state index contributed by atoms with van der Waals surface area (Å²) in [5.41, 5.74) is 1.98. The highest BCUT2D eigenvalue weighted by atomic mass is 19.1. The van der Waals surface area contributed by atoms with Crippen LogP contribution in [0.4, 0.5) is 4.39 Å². The number of hydrogen-bond donors (Lipinski definition) is 0. The first-order chi connectivity index (χ1) is 11.7. The third kappa shape index (κ3) is 3.58. The lowest BCUT2D eigenvalue weighted by atomic mass is 9.78. The van der Waals surface area contributed by atoms with E-state index in [1.807, 2.05) is 58.9 Å². The summed E-state index contributed by atoms with van der Waals surface area (Å²) in [6.07, 6.45) is 0. The van der Waals surface area contributed by atoms with E-state index in [2.05, 4.69) is 0 Å². The number of benzene rings is 2. The standard InChI is InChI=1S/C20H24BFO3/c1-14-8-6-7-9-15(14)13-23-18-12-16(22)10-11-17(18)21-24-19(2,3)20(4,5)25-21/h6-12H,13H2,1-5H3. The van der Waals surface area contributed by atoms with Crippen molar-refractivity contribution in [3.8, 4) is 5.75 Å². The van der Waals surface area contributed by atoms with Gasteiger partial charge in [0.25, 0.3) is 0 Å². The molecular weight excluding hydrogens is 318 g/mol. The zero-order valence-corrected chi connectivity index (χ0v) is 15.4. The summed E-state index contributed by atoms with van der Waals surface area (Å²) in [4.78, 5) is 0. The van der Waals surface area contributed by atoms with Gasteiger partial charge in [-0.05, 0) is 51.8 Å². The Hall–Kier alpha value is -1.85. The maximum Gasteiger partial charge on any atom is 0.498 e. The van der Waals surface area contributed by atoms with E-state index in [0.717, 1.165) is 11.1 Å². The Balaban J connectivity index is 1.86. The molecule has 0 N–H and O–H groups in total. The summed E-state index contributed by atoms with van der Waals surface area (Å²) in [6, 6.07) is 12.4. The molecule has 0 saturated carbocycles. The van der Waals surface area contributed by atoms with Crippen LogP contribution in [-0.4, -0.2) is 18.3 Å². The highest BCUT2D eigenvalue weighted by Gasteiger charge is 2.52. The van der Waals surface area contributed by atoms with Crippen LogP contribution in [0.1, 0.15) is 38.8 Å². The molecule has 1 saturated heterocycles. The maximum atomic E-state index is 13.8. The van der Waals surface area contributed by atoms with Gasteiger partial charge < -0.3 is 14.0 Å². The van der Waals surface area contributed by atoms with Gasteiger partial charge in [0.2, 0.25) is 0 Å². The fourth-order valence-electron chi connectivity index (χ4n) is 2.73. The van der Waals surface area contributed by atoms with Crippen molar-refractivity contribution in [2.75, 3.05) is 0 Å². The molecule has 3 rings (SSSR count). The average molecular weight is 342 g/mol. The van der Waals surface area contributed by atoms with E-state index >= 15 is 0 Å². The second-order valence-corrected chi connectivity index (χ2v) is 7.49. The first-order valence-electron chi connectivity index (χ1n) is 8.52. The van der Waals surface area contributed by atoms with E-state index < -0.39 is 18.3 Å². The van der Waals surface area contributed by atoms with Crippen LogP contribution in [0, 0.1) is 12.7 Å². The van der Waals surface area contributed by atoms with Crippen LogP contribution in [0.3, 0.4) is 0 Å². The van der Waals surface area contributed by atoms with Crippen LogP contribution in [0.15, 0.2) is 42.5 Å². The molecule has 0 radical (unpaired) electrons. The molecular formula is C20H24BFO3. The van der Waals surface area contributed by atoms with Crippen molar-refractivity contribution in [3.63, 3.8) is 0 Å². The fourth-order valence-corrected chi connectivity index (χ4v) is 2.73. The van der Waals surface area contributed by atoms with E-state index in [9.17, 15) is 4.39 Å². The highest BCUT2D eigenvalue weighted by Crippen LogP contribution is 2.37. The van der Waals surface area contributed by atoms with E-state index in [-0.39, 0.29) is 5.82 Å². The largest absolute Gasteiger partial charge is 0.498 e. The lowest BCUT2D eigenvalue weighted by molar-refractivity contribution is 0.00578. The SMILES string of the molecule is Cc1ccccc1COc1cc(F)ccc1B1OC(C)(C)C(C)(C)O1. The van der Waals surface area contributed by atoms with Gasteiger partial charge in [-0.2, -0.15) is 0 Å². The third-order valence-electron chi connectivity index (χ3n) is 5.13. The molecule has 2 aromatic rings. The lowest BCUT2D eigenvalue weighted by Crippen LogP contribution is -2.41. The van der Waals surface area contributed by atoms with Gasteiger partial charge in [0, 0.05) is 11.5 Å². The van der Waals surface area contributed by atoms with Crippen LogP contribution in [0.25, 0.3) is 0 Å². The van der Waals surface area contributed by atoms with Crippen molar-refractivity contribution in [3.05, 3.63) is 59.4 Å². The van der Waals surface area contributed by atoms with Crippen LogP contribution in [0.5, 0.6) is 5.75 Å². The summed E-state index contributed by atoms with van der Waals surface area (Å²) in [6.45, 7) is 10.4. The Bertz CT molecular complexity index is 757. The number of halogens is 1.